The van der Waals surface area contributed by atoms with E-state index in [1.54, 1.807) is 30.5 Å². The molecular formula is C23H29N5O10. The summed E-state index contributed by atoms with van der Waals surface area (Å²) in [6.07, 6.45) is -1.85. The lowest BCUT2D eigenvalue weighted by Crippen LogP contribution is -2.60. The van der Waals surface area contributed by atoms with Gasteiger partial charge in [-0.2, -0.15) is 0 Å². The number of hydrogen-bond donors (Lipinski definition) is 9. The zero-order valence-corrected chi connectivity index (χ0v) is 20.2. The van der Waals surface area contributed by atoms with Crippen molar-refractivity contribution in [1.29, 1.82) is 0 Å². The van der Waals surface area contributed by atoms with Crippen LogP contribution in [0.5, 0.6) is 0 Å². The molecule has 206 valence electrons. The smallest absolute Gasteiger partial charge is 0.326 e. The molecule has 1 aromatic heterocycles. The van der Waals surface area contributed by atoms with E-state index in [-0.39, 0.29) is 6.42 Å². The number of hydrogen-bond acceptors (Lipinski definition) is 8. The molecule has 15 heteroatoms. The molecule has 0 saturated carbocycles. The van der Waals surface area contributed by atoms with E-state index in [2.05, 4.69) is 20.9 Å². The number of aliphatic hydroxyl groups excluding tert-OH is 1. The summed E-state index contributed by atoms with van der Waals surface area (Å²) < 4.78 is 0. The fraction of sp³-hybridized carbons (Fsp3) is 0.391. The van der Waals surface area contributed by atoms with Crippen LogP contribution in [0.3, 0.4) is 0 Å². The number of aliphatic carboxylic acids is 3. The van der Waals surface area contributed by atoms with Gasteiger partial charge in [0.15, 0.2) is 0 Å². The molecule has 2 rings (SSSR count). The predicted octanol–water partition coefficient (Wildman–Crippen LogP) is -2.09. The van der Waals surface area contributed by atoms with Crippen LogP contribution in [0.25, 0.3) is 10.9 Å². The van der Waals surface area contributed by atoms with Crippen LogP contribution in [0.2, 0.25) is 0 Å². The van der Waals surface area contributed by atoms with Crippen LogP contribution in [-0.2, 0) is 35.2 Å². The van der Waals surface area contributed by atoms with E-state index in [9.17, 15) is 44.1 Å². The summed E-state index contributed by atoms with van der Waals surface area (Å²) in [6, 6.07) is 0.499. The van der Waals surface area contributed by atoms with Crippen molar-refractivity contribution in [3.05, 3.63) is 36.0 Å². The van der Waals surface area contributed by atoms with Crippen molar-refractivity contribution in [2.75, 3.05) is 0 Å². The summed E-state index contributed by atoms with van der Waals surface area (Å²) >= 11 is 0. The highest BCUT2D eigenvalue weighted by molar-refractivity contribution is 5.96. The van der Waals surface area contributed by atoms with E-state index in [1.807, 2.05) is 0 Å². The number of benzene rings is 1. The standard InChI is InChI=1S/C23H29N5O10/c1-10(29)19(28-20(34)13(24)7-17(30)31)22(36)26-15(8-18(32)33)21(35)27-16(23(37)38)6-11-9-25-14-5-3-2-4-12(11)14/h2-5,9-10,13,15-16,19,25,29H,6-8,24H2,1H3,(H,26,36)(H,27,35)(H,28,34)(H,30,31)(H,32,33)(H,37,38). The molecule has 0 fully saturated rings. The molecule has 3 amide bonds. The Bertz CT molecular complexity index is 1210. The van der Waals surface area contributed by atoms with E-state index < -0.39 is 78.7 Å². The molecular weight excluding hydrogens is 506 g/mol. The fourth-order valence-electron chi connectivity index (χ4n) is 3.58. The van der Waals surface area contributed by atoms with Gasteiger partial charge in [0.05, 0.1) is 25.0 Å². The second-order valence-electron chi connectivity index (χ2n) is 8.55. The Balaban J connectivity index is 2.17. The molecule has 10 N–H and O–H groups in total. The Hall–Kier alpha value is -4.50. The maximum atomic E-state index is 12.9. The van der Waals surface area contributed by atoms with Gasteiger partial charge >= 0.3 is 17.9 Å². The maximum Gasteiger partial charge on any atom is 0.326 e. The number of para-hydroxylation sites is 1. The van der Waals surface area contributed by atoms with Crippen LogP contribution >= 0.6 is 0 Å². The third-order valence-corrected chi connectivity index (χ3v) is 5.52. The van der Waals surface area contributed by atoms with Crippen LogP contribution in [0.15, 0.2) is 30.5 Å². The SMILES string of the molecule is CC(O)C(NC(=O)C(N)CC(=O)O)C(=O)NC(CC(=O)O)C(=O)NC(Cc1c[nH]c2ccccc12)C(=O)O. The van der Waals surface area contributed by atoms with Gasteiger partial charge in [0.2, 0.25) is 17.7 Å². The first kappa shape index (κ1) is 29.7. The largest absolute Gasteiger partial charge is 0.481 e. The average molecular weight is 536 g/mol. The number of carboxylic acid groups (broad SMARTS) is 3. The van der Waals surface area contributed by atoms with Gasteiger partial charge in [0.1, 0.15) is 18.1 Å². The molecule has 38 heavy (non-hydrogen) atoms. The molecule has 0 saturated heterocycles. The summed E-state index contributed by atoms with van der Waals surface area (Å²) in [5.41, 5.74) is 6.76. The predicted molar refractivity (Wildman–Crippen MR) is 130 cm³/mol. The topological polar surface area (TPSA) is 261 Å². The first-order chi connectivity index (χ1) is 17.8. The number of aromatic nitrogens is 1. The number of amides is 3. The normalized spacial score (nSPS) is 14.9. The molecule has 2 aromatic rings. The quantitative estimate of drug-likeness (QED) is 0.127. The monoisotopic (exact) mass is 535 g/mol. The Morgan fingerprint density at radius 2 is 1.47 bits per heavy atom. The number of aromatic amines is 1. The van der Waals surface area contributed by atoms with Gasteiger partial charge in [-0.15, -0.1) is 0 Å². The van der Waals surface area contributed by atoms with Gasteiger partial charge in [-0.05, 0) is 18.6 Å². The van der Waals surface area contributed by atoms with Gasteiger partial charge in [-0.25, -0.2) is 4.79 Å². The highest BCUT2D eigenvalue weighted by Crippen LogP contribution is 2.19. The number of aliphatic hydroxyl groups is 1. The van der Waals surface area contributed by atoms with E-state index in [0.717, 1.165) is 17.8 Å². The van der Waals surface area contributed by atoms with Gasteiger partial charge in [-0.3, -0.25) is 24.0 Å². The molecule has 0 spiro atoms. The zero-order valence-electron chi connectivity index (χ0n) is 20.2. The van der Waals surface area contributed by atoms with E-state index >= 15 is 0 Å². The molecule has 5 unspecified atom stereocenters. The highest BCUT2D eigenvalue weighted by Gasteiger charge is 2.34. The minimum atomic E-state index is -1.78. The third-order valence-electron chi connectivity index (χ3n) is 5.52. The molecule has 0 aliphatic rings. The lowest BCUT2D eigenvalue weighted by molar-refractivity contribution is -0.143. The molecule has 1 aromatic carbocycles. The van der Waals surface area contributed by atoms with Crippen molar-refractivity contribution in [3.8, 4) is 0 Å². The Labute approximate surface area is 215 Å². The number of fused-ring (bicyclic) bond motifs is 1. The number of carboxylic acids is 3. The van der Waals surface area contributed by atoms with Gasteiger partial charge in [0.25, 0.3) is 0 Å². The third kappa shape index (κ3) is 8.28. The molecule has 0 bridgehead atoms. The van der Waals surface area contributed by atoms with Gasteiger partial charge < -0.3 is 47.1 Å². The van der Waals surface area contributed by atoms with Crippen molar-refractivity contribution in [1.82, 2.24) is 20.9 Å². The number of carbonyl (C=O) groups is 6. The van der Waals surface area contributed by atoms with E-state index in [0.29, 0.717) is 5.56 Å². The molecule has 15 nitrogen and oxygen atoms in total. The number of nitrogens with one attached hydrogen (secondary N) is 4. The first-order valence-corrected chi connectivity index (χ1v) is 11.4. The Morgan fingerprint density at radius 1 is 0.868 bits per heavy atom. The van der Waals surface area contributed by atoms with Crippen molar-refractivity contribution < 1.29 is 49.2 Å². The van der Waals surface area contributed by atoms with E-state index in [4.69, 9.17) is 10.8 Å². The van der Waals surface area contributed by atoms with Crippen LogP contribution in [0.1, 0.15) is 25.3 Å². The average Bonchev–Trinajstić information content (AvgIpc) is 3.23. The summed E-state index contributed by atoms with van der Waals surface area (Å²) in [7, 11) is 0. The van der Waals surface area contributed by atoms with Crippen LogP contribution in [0.4, 0.5) is 0 Å². The lowest BCUT2D eigenvalue weighted by atomic mass is 10.0. The highest BCUT2D eigenvalue weighted by atomic mass is 16.4. The molecule has 0 radical (unpaired) electrons. The van der Waals surface area contributed by atoms with Crippen LogP contribution < -0.4 is 21.7 Å². The number of rotatable bonds is 14. The number of nitrogens with two attached hydrogens (primary N) is 1. The molecule has 0 aliphatic heterocycles. The molecule has 1 heterocycles. The fourth-order valence-corrected chi connectivity index (χ4v) is 3.58. The number of H-pyrrole nitrogens is 1. The summed E-state index contributed by atoms with van der Waals surface area (Å²) in [5.74, 6) is -7.70. The minimum Gasteiger partial charge on any atom is -0.481 e. The van der Waals surface area contributed by atoms with Crippen molar-refractivity contribution >= 4 is 46.5 Å². The maximum absolute atomic E-state index is 12.9. The Kier molecular flexibility index (Phi) is 10.3. The second-order valence-corrected chi connectivity index (χ2v) is 8.55. The number of carbonyl (C=O) groups excluding carboxylic acids is 3. The first-order valence-electron chi connectivity index (χ1n) is 11.4. The van der Waals surface area contributed by atoms with Crippen LogP contribution in [0, 0.1) is 0 Å². The molecule has 0 aliphatic carbocycles. The summed E-state index contributed by atoms with van der Waals surface area (Å²) in [4.78, 5) is 74.7. The minimum absolute atomic E-state index is 0.160. The lowest BCUT2D eigenvalue weighted by Gasteiger charge is -2.25. The second kappa shape index (κ2) is 13.2. The van der Waals surface area contributed by atoms with E-state index in [1.165, 1.54) is 0 Å². The van der Waals surface area contributed by atoms with Gasteiger partial charge in [-0.1, -0.05) is 18.2 Å². The molecule has 5 atom stereocenters. The van der Waals surface area contributed by atoms with Crippen molar-refractivity contribution in [2.24, 2.45) is 5.73 Å². The Morgan fingerprint density at radius 3 is 2.05 bits per heavy atom. The van der Waals surface area contributed by atoms with Crippen molar-refractivity contribution in [3.63, 3.8) is 0 Å². The van der Waals surface area contributed by atoms with Gasteiger partial charge in [0, 0.05) is 23.5 Å². The van der Waals surface area contributed by atoms with Crippen LogP contribution in [-0.4, -0.2) is 91.3 Å². The zero-order chi connectivity index (χ0) is 28.6. The summed E-state index contributed by atoms with van der Waals surface area (Å²) in [5, 5.41) is 44.7. The van der Waals surface area contributed by atoms with Crippen molar-refractivity contribution in [2.45, 2.75) is 56.5 Å². The summed E-state index contributed by atoms with van der Waals surface area (Å²) in [6.45, 7) is 1.11.